The highest BCUT2D eigenvalue weighted by molar-refractivity contribution is 7.90. The summed E-state index contributed by atoms with van der Waals surface area (Å²) in [6.07, 6.45) is 3.68. The van der Waals surface area contributed by atoms with Gasteiger partial charge in [0.15, 0.2) is 0 Å². The Balaban J connectivity index is 1.94. The Kier molecular flexibility index (Phi) is 6.15. The molecule has 170 valence electrons. The summed E-state index contributed by atoms with van der Waals surface area (Å²) < 4.78 is 42.6. The lowest BCUT2D eigenvalue weighted by Crippen LogP contribution is -2.22. The van der Waals surface area contributed by atoms with Crippen LogP contribution in [0.5, 0.6) is 0 Å². The van der Waals surface area contributed by atoms with Crippen molar-refractivity contribution >= 4 is 43.4 Å². The van der Waals surface area contributed by atoms with E-state index in [1.54, 1.807) is 24.3 Å². The molecule has 0 fully saturated rings. The van der Waals surface area contributed by atoms with Gasteiger partial charge in [-0.25, -0.2) is 16.8 Å². The standard InChI is InChI=1S/C24H24FN5O2S/c1-2-3-8-22(28-29-24(26)27)21-15-30(23-14-18(25)10-12-20(21)23)33(31,32)19-11-9-16-6-4-5-7-17(16)13-19/h4-7,9-15H,2-3,8H2,1H3,(H4,26,27,29)/b28-22+. The first-order valence-corrected chi connectivity index (χ1v) is 12.0. The lowest BCUT2D eigenvalue weighted by molar-refractivity contribution is 0.589. The molecule has 4 aromatic rings. The molecule has 0 amide bonds. The Morgan fingerprint density at radius 2 is 1.76 bits per heavy atom. The second-order valence-corrected chi connectivity index (χ2v) is 9.50. The van der Waals surface area contributed by atoms with Crippen LogP contribution in [0, 0.1) is 5.82 Å². The van der Waals surface area contributed by atoms with Crippen molar-refractivity contribution < 1.29 is 12.8 Å². The van der Waals surface area contributed by atoms with Crippen LogP contribution < -0.4 is 11.5 Å². The van der Waals surface area contributed by atoms with Crippen molar-refractivity contribution in [2.45, 2.75) is 31.1 Å². The molecule has 3 aromatic carbocycles. The van der Waals surface area contributed by atoms with Gasteiger partial charge in [0.1, 0.15) is 5.82 Å². The van der Waals surface area contributed by atoms with E-state index in [0.29, 0.717) is 23.1 Å². The van der Waals surface area contributed by atoms with Crippen LogP contribution in [0.1, 0.15) is 31.7 Å². The summed E-state index contributed by atoms with van der Waals surface area (Å²) in [6.45, 7) is 2.03. The Morgan fingerprint density at radius 3 is 2.48 bits per heavy atom. The number of nitrogens with two attached hydrogens (primary N) is 2. The third-order valence-corrected chi connectivity index (χ3v) is 7.05. The van der Waals surface area contributed by atoms with Crippen LogP contribution >= 0.6 is 0 Å². The Bertz CT molecular complexity index is 1500. The molecule has 4 rings (SSSR count). The van der Waals surface area contributed by atoms with Crippen molar-refractivity contribution in [1.29, 1.82) is 0 Å². The first-order valence-electron chi connectivity index (χ1n) is 10.5. The average Bonchev–Trinajstić information content (AvgIpc) is 3.18. The highest BCUT2D eigenvalue weighted by atomic mass is 32.2. The summed E-state index contributed by atoms with van der Waals surface area (Å²) in [5.41, 5.74) is 12.2. The Hall–Kier alpha value is -3.72. The molecule has 0 aliphatic rings. The van der Waals surface area contributed by atoms with Crippen LogP contribution in [0.4, 0.5) is 4.39 Å². The smallest absolute Gasteiger partial charge is 0.268 e. The molecular formula is C24H24FN5O2S. The topological polar surface area (TPSA) is 116 Å². The average molecular weight is 466 g/mol. The molecule has 1 heterocycles. The third-order valence-electron chi connectivity index (χ3n) is 5.38. The molecule has 4 N–H and O–H groups in total. The van der Waals surface area contributed by atoms with Gasteiger partial charge in [-0.3, -0.25) is 0 Å². The molecule has 0 saturated heterocycles. The molecular weight excluding hydrogens is 441 g/mol. The summed E-state index contributed by atoms with van der Waals surface area (Å²) in [5, 5.41) is 10.2. The fraction of sp³-hybridized carbons (Fsp3) is 0.167. The zero-order valence-electron chi connectivity index (χ0n) is 18.1. The van der Waals surface area contributed by atoms with E-state index < -0.39 is 15.8 Å². The number of aromatic nitrogens is 1. The van der Waals surface area contributed by atoms with Gasteiger partial charge in [-0.2, -0.15) is 5.10 Å². The molecule has 33 heavy (non-hydrogen) atoms. The minimum Gasteiger partial charge on any atom is -0.369 e. The first kappa shape index (κ1) is 22.5. The van der Waals surface area contributed by atoms with Gasteiger partial charge in [0.2, 0.25) is 5.96 Å². The van der Waals surface area contributed by atoms with Crippen molar-refractivity contribution in [3.8, 4) is 0 Å². The van der Waals surface area contributed by atoms with E-state index >= 15 is 0 Å². The SMILES string of the molecule is CCCC/C(=N\N=C(N)N)c1cn(S(=O)(=O)c2ccc3ccccc3c2)c2cc(F)ccc12. The number of fused-ring (bicyclic) bond motifs is 2. The monoisotopic (exact) mass is 465 g/mol. The van der Waals surface area contributed by atoms with E-state index in [1.165, 1.54) is 18.3 Å². The van der Waals surface area contributed by atoms with E-state index in [-0.39, 0.29) is 16.4 Å². The zero-order chi connectivity index (χ0) is 23.6. The molecule has 1 aromatic heterocycles. The van der Waals surface area contributed by atoms with Crippen LogP contribution in [0.25, 0.3) is 21.7 Å². The van der Waals surface area contributed by atoms with E-state index in [0.717, 1.165) is 27.6 Å². The van der Waals surface area contributed by atoms with Gasteiger partial charge >= 0.3 is 0 Å². The summed E-state index contributed by atoms with van der Waals surface area (Å²) in [6, 6.07) is 16.4. The number of hydrogen-bond acceptors (Lipinski definition) is 4. The Labute approximate surface area is 191 Å². The van der Waals surface area contributed by atoms with E-state index in [2.05, 4.69) is 10.2 Å². The van der Waals surface area contributed by atoms with E-state index in [9.17, 15) is 12.8 Å². The summed E-state index contributed by atoms with van der Waals surface area (Å²) in [4.78, 5) is 0.102. The number of unbranched alkanes of at least 4 members (excludes halogenated alkanes) is 1. The number of guanidine groups is 1. The maximum absolute atomic E-state index is 14.2. The minimum atomic E-state index is -4.03. The molecule has 0 atom stereocenters. The minimum absolute atomic E-state index is 0.102. The van der Waals surface area contributed by atoms with Crippen LogP contribution in [-0.4, -0.2) is 24.1 Å². The lowest BCUT2D eigenvalue weighted by atomic mass is 10.0. The van der Waals surface area contributed by atoms with Crippen molar-refractivity contribution in [3.63, 3.8) is 0 Å². The molecule has 0 unspecified atom stereocenters. The van der Waals surface area contributed by atoms with Crippen molar-refractivity contribution in [1.82, 2.24) is 3.97 Å². The Morgan fingerprint density at radius 1 is 1.00 bits per heavy atom. The van der Waals surface area contributed by atoms with Gasteiger partial charge in [-0.15, -0.1) is 5.10 Å². The molecule has 0 spiro atoms. The zero-order valence-corrected chi connectivity index (χ0v) is 18.9. The summed E-state index contributed by atoms with van der Waals surface area (Å²) in [7, 11) is -4.03. The van der Waals surface area contributed by atoms with Crippen molar-refractivity contribution in [2.24, 2.45) is 21.7 Å². The van der Waals surface area contributed by atoms with Crippen molar-refractivity contribution in [3.05, 3.63) is 78.2 Å². The molecule has 0 aliphatic heterocycles. The number of benzene rings is 3. The maximum Gasteiger partial charge on any atom is 0.268 e. The van der Waals surface area contributed by atoms with Crippen LogP contribution in [0.15, 0.2) is 82.0 Å². The summed E-state index contributed by atoms with van der Waals surface area (Å²) >= 11 is 0. The lowest BCUT2D eigenvalue weighted by Gasteiger charge is -2.09. The fourth-order valence-electron chi connectivity index (χ4n) is 3.74. The molecule has 7 nitrogen and oxygen atoms in total. The normalized spacial score (nSPS) is 12.4. The largest absolute Gasteiger partial charge is 0.369 e. The second-order valence-electron chi connectivity index (χ2n) is 7.69. The molecule has 0 bridgehead atoms. The molecule has 0 radical (unpaired) electrons. The van der Waals surface area contributed by atoms with Gasteiger partial charge in [0, 0.05) is 17.1 Å². The van der Waals surface area contributed by atoms with E-state index in [4.69, 9.17) is 11.5 Å². The predicted molar refractivity (Wildman–Crippen MR) is 130 cm³/mol. The second kappa shape index (κ2) is 9.03. The van der Waals surface area contributed by atoms with Gasteiger partial charge < -0.3 is 11.5 Å². The van der Waals surface area contributed by atoms with Crippen LogP contribution in [0.2, 0.25) is 0 Å². The molecule has 9 heteroatoms. The van der Waals surface area contributed by atoms with E-state index in [1.807, 2.05) is 31.2 Å². The number of rotatable bonds is 7. The third kappa shape index (κ3) is 4.45. The molecule has 0 aliphatic carbocycles. The quantitative estimate of drug-likeness (QED) is 0.240. The van der Waals surface area contributed by atoms with Gasteiger partial charge in [-0.05, 0) is 53.9 Å². The van der Waals surface area contributed by atoms with Crippen LogP contribution in [0.3, 0.4) is 0 Å². The number of halogens is 1. The fourth-order valence-corrected chi connectivity index (χ4v) is 5.14. The van der Waals surface area contributed by atoms with Gasteiger partial charge in [0.05, 0.1) is 16.1 Å². The highest BCUT2D eigenvalue weighted by Gasteiger charge is 2.24. The van der Waals surface area contributed by atoms with Gasteiger partial charge in [0.25, 0.3) is 10.0 Å². The number of nitrogens with zero attached hydrogens (tertiary/aromatic N) is 3. The number of hydrogen-bond donors (Lipinski definition) is 2. The first-order chi connectivity index (χ1) is 15.8. The van der Waals surface area contributed by atoms with Gasteiger partial charge in [-0.1, -0.05) is 43.7 Å². The highest BCUT2D eigenvalue weighted by Crippen LogP contribution is 2.29. The van der Waals surface area contributed by atoms with Crippen LogP contribution in [-0.2, 0) is 10.0 Å². The maximum atomic E-state index is 14.2. The predicted octanol–water partition coefficient (Wildman–Crippen LogP) is 4.34. The van der Waals surface area contributed by atoms with Crippen molar-refractivity contribution in [2.75, 3.05) is 0 Å². The summed E-state index contributed by atoms with van der Waals surface area (Å²) in [5.74, 6) is -0.749. The molecule has 0 saturated carbocycles.